The van der Waals surface area contributed by atoms with E-state index in [9.17, 15) is 14.4 Å². The molecule has 6 heteroatoms. The summed E-state index contributed by atoms with van der Waals surface area (Å²) < 4.78 is 0. The molecule has 0 spiro atoms. The van der Waals surface area contributed by atoms with Gasteiger partial charge in [0, 0.05) is 45.8 Å². The van der Waals surface area contributed by atoms with Crippen LogP contribution >= 0.6 is 0 Å². The predicted molar refractivity (Wildman–Crippen MR) is 95.4 cm³/mol. The molecule has 0 unspecified atom stereocenters. The standard InChI is InChI=1S/C19H25N3O3/c1-13(23)21-7-9-22(10-8-21)17(24)12-14-5-6-16-15(11-14)19(2,3)18(25)20(16)4/h5-6,11H,7-10,12H2,1-4H3. The summed E-state index contributed by atoms with van der Waals surface area (Å²) in [4.78, 5) is 41.6. The normalized spacial score (nSPS) is 19.2. The summed E-state index contributed by atoms with van der Waals surface area (Å²) in [6.07, 6.45) is 0.321. The Labute approximate surface area is 148 Å². The maximum atomic E-state index is 12.6. The second kappa shape index (κ2) is 6.17. The van der Waals surface area contributed by atoms with Gasteiger partial charge in [0.05, 0.1) is 11.8 Å². The van der Waals surface area contributed by atoms with Crippen molar-refractivity contribution in [3.63, 3.8) is 0 Å². The third-order valence-corrected chi connectivity index (χ3v) is 5.37. The first kappa shape index (κ1) is 17.5. The van der Waals surface area contributed by atoms with Crippen molar-refractivity contribution in [1.82, 2.24) is 9.80 Å². The molecule has 0 N–H and O–H groups in total. The summed E-state index contributed by atoms with van der Waals surface area (Å²) in [7, 11) is 1.79. The largest absolute Gasteiger partial charge is 0.339 e. The molecule has 1 fully saturated rings. The number of carbonyl (C=O) groups excluding carboxylic acids is 3. The van der Waals surface area contributed by atoms with Gasteiger partial charge in [0.15, 0.2) is 0 Å². The minimum atomic E-state index is -0.559. The maximum absolute atomic E-state index is 12.6. The highest BCUT2D eigenvalue weighted by Gasteiger charge is 2.42. The Hall–Kier alpha value is -2.37. The lowest BCUT2D eigenvalue weighted by molar-refractivity contribution is -0.138. The molecule has 1 aromatic carbocycles. The number of anilines is 1. The van der Waals surface area contributed by atoms with Crippen LogP contribution in [0.1, 0.15) is 31.9 Å². The molecular formula is C19H25N3O3. The van der Waals surface area contributed by atoms with Gasteiger partial charge in [-0.1, -0.05) is 12.1 Å². The molecule has 0 radical (unpaired) electrons. The fourth-order valence-electron chi connectivity index (χ4n) is 3.69. The van der Waals surface area contributed by atoms with Gasteiger partial charge in [-0.2, -0.15) is 0 Å². The summed E-state index contributed by atoms with van der Waals surface area (Å²) in [6, 6.07) is 5.84. The Morgan fingerprint density at radius 1 is 1.08 bits per heavy atom. The second-order valence-corrected chi connectivity index (χ2v) is 7.40. The molecule has 1 saturated heterocycles. The van der Waals surface area contributed by atoms with Gasteiger partial charge in [0.1, 0.15) is 0 Å². The van der Waals surface area contributed by atoms with Crippen LogP contribution in [0.5, 0.6) is 0 Å². The molecular weight excluding hydrogens is 318 g/mol. The van der Waals surface area contributed by atoms with Crippen molar-refractivity contribution < 1.29 is 14.4 Å². The number of rotatable bonds is 2. The first-order chi connectivity index (χ1) is 11.7. The zero-order valence-electron chi connectivity index (χ0n) is 15.3. The maximum Gasteiger partial charge on any atom is 0.236 e. The SMILES string of the molecule is CC(=O)N1CCN(C(=O)Cc2ccc3c(c2)C(C)(C)C(=O)N3C)CC1. The van der Waals surface area contributed by atoms with Gasteiger partial charge < -0.3 is 14.7 Å². The number of amides is 3. The topological polar surface area (TPSA) is 60.9 Å². The summed E-state index contributed by atoms with van der Waals surface area (Å²) in [6.45, 7) is 7.75. The molecule has 0 aliphatic carbocycles. The minimum absolute atomic E-state index is 0.0572. The van der Waals surface area contributed by atoms with Crippen LogP contribution in [0.25, 0.3) is 0 Å². The number of hydrogen-bond acceptors (Lipinski definition) is 3. The van der Waals surface area contributed by atoms with E-state index in [-0.39, 0.29) is 17.7 Å². The Morgan fingerprint density at radius 2 is 1.68 bits per heavy atom. The lowest BCUT2D eigenvalue weighted by atomic mass is 9.85. The Morgan fingerprint density at radius 3 is 2.28 bits per heavy atom. The van der Waals surface area contributed by atoms with Crippen molar-refractivity contribution in [3.8, 4) is 0 Å². The molecule has 25 heavy (non-hydrogen) atoms. The summed E-state index contributed by atoms with van der Waals surface area (Å²) in [5.41, 5.74) is 2.26. The lowest BCUT2D eigenvalue weighted by Crippen LogP contribution is -2.50. The van der Waals surface area contributed by atoms with E-state index >= 15 is 0 Å². The Balaban J connectivity index is 1.71. The lowest BCUT2D eigenvalue weighted by Gasteiger charge is -2.34. The predicted octanol–water partition coefficient (Wildman–Crippen LogP) is 1.17. The van der Waals surface area contributed by atoms with E-state index in [2.05, 4.69) is 0 Å². The first-order valence-electron chi connectivity index (χ1n) is 8.66. The van der Waals surface area contributed by atoms with Crippen LogP contribution in [-0.4, -0.2) is 60.7 Å². The molecule has 2 heterocycles. The number of benzene rings is 1. The monoisotopic (exact) mass is 343 g/mol. The van der Waals surface area contributed by atoms with Gasteiger partial charge in [0.2, 0.25) is 17.7 Å². The highest BCUT2D eigenvalue weighted by Crippen LogP contribution is 2.41. The van der Waals surface area contributed by atoms with E-state index in [1.807, 2.05) is 36.9 Å². The first-order valence-corrected chi connectivity index (χ1v) is 8.66. The average molecular weight is 343 g/mol. The minimum Gasteiger partial charge on any atom is -0.339 e. The van der Waals surface area contributed by atoms with Crippen LogP contribution in [-0.2, 0) is 26.2 Å². The summed E-state index contributed by atoms with van der Waals surface area (Å²) in [5.74, 6) is 0.201. The number of piperazine rings is 1. The van der Waals surface area contributed by atoms with Gasteiger partial charge in [-0.25, -0.2) is 0 Å². The number of hydrogen-bond donors (Lipinski definition) is 0. The fraction of sp³-hybridized carbons (Fsp3) is 0.526. The number of fused-ring (bicyclic) bond motifs is 1. The third kappa shape index (κ3) is 3.01. The average Bonchev–Trinajstić information content (AvgIpc) is 2.76. The van der Waals surface area contributed by atoms with Crippen molar-refractivity contribution in [2.75, 3.05) is 38.1 Å². The van der Waals surface area contributed by atoms with Gasteiger partial charge >= 0.3 is 0 Å². The summed E-state index contributed by atoms with van der Waals surface area (Å²) in [5, 5.41) is 0. The van der Waals surface area contributed by atoms with Crippen LogP contribution < -0.4 is 4.90 Å². The molecule has 0 saturated carbocycles. The molecule has 3 amide bonds. The molecule has 6 nitrogen and oxygen atoms in total. The third-order valence-electron chi connectivity index (χ3n) is 5.37. The molecule has 0 bridgehead atoms. The molecule has 2 aliphatic rings. The fourth-order valence-corrected chi connectivity index (χ4v) is 3.69. The van der Waals surface area contributed by atoms with E-state index in [0.29, 0.717) is 32.6 Å². The van der Waals surface area contributed by atoms with E-state index < -0.39 is 5.41 Å². The number of nitrogens with zero attached hydrogens (tertiary/aromatic N) is 3. The van der Waals surface area contributed by atoms with E-state index in [1.165, 1.54) is 0 Å². The molecule has 3 rings (SSSR count). The zero-order valence-corrected chi connectivity index (χ0v) is 15.3. The van der Waals surface area contributed by atoms with Crippen molar-refractivity contribution in [2.24, 2.45) is 0 Å². The van der Waals surface area contributed by atoms with Crippen LogP contribution in [0.4, 0.5) is 5.69 Å². The highest BCUT2D eigenvalue weighted by molar-refractivity contribution is 6.07. The Bertz CT molecular complexity index is 733. The van der Waals surface area contributed by atoms with Crippen LogP contribution in [0.3, 0.4) is 0 Å². The van der Waals surface area contributed by atoms with E-state index in [4.69, 9.17) is 0 Å². The number of carbonyl (C=O) groups is 3. The zero-order chi connectivity index (χ0) is 18.4. The van der Waals surface area contributed by atoms with Crippen LogP contribution in [0.2, 0.25) is 0 Å². The van der Waals surface area contributed by atoms with Crippen molar-refractivity contribution in [3.05, 3.63) is 29.3 Å². The van der Waals surface area contributed by atoms with Crippen LogP contribution in [0, 0.1) is 0 Å². The highest BCUT2D eigenvalue weighted by atomic mass is 16.2. The van der Waals surface area contributed by atoms with Crippen molar-refractivity contribution in [2.45, 2.75) is 32.6 Å². The molecule has 1 aromatic rings. The van der Waals surface area contributed by atoms with E-state index in [1.54, 1.807) is 23.8 Å². The quantitative estimate of drug-likeness (QED) is 0.810. The molecule has 0 aromatic heterocycles. The molecule has 0 atom stereocenters. The summed E-state index contributed by atoms with van der Waals surface area (Å²) >= 11 is 0. The molecule has 2 aliphatic heterocycles. The smallest absolute Gasteiger partial charge is 0.236 e. The van der Waals surface area contributed by atoms with Gasteiger partial charge in [-0.15, -0.1) is 0 Å². The van der Waals surface area contributed by atoms with Gasteiger partial charge in [-0.05, 0) is 31.0 Å². The molecule has 134 valence electrons. The van der Waals surface area contributed by atoms with Crippen molar-refractivity contribution in [1.29, 1.82) is 0 Å². The van der Waals surface area contributed by atoms with E-state index in [0.717, 1.165) is 16.8 Å². The van der Waals surface area contributed by atoms with Crippen LogP contribution in [0.15, 0.2) is 18.2 Å². The Kier molecular flexibility index (Phi) is 4.31. The second-order valence-electron chi connectivity index (χ2n) is 7.40. The van der Waals surface area contributed by atoms with Gasteiger partial charge in [-0.3, -0.25) is 14.4 Å². The van der Waals surface area contributed by atoms with Crippen molar-refractivity contribution >= 4 is 23.4 Å². The number of likely N-dealkylation sites (N-methyl/N-ethyl adjacent to an activating group) is 1. The van der Waals surface area contributed by atoms with Gasteiger partial charge in [0.25, 0.3) is 0 Å².